The van der Waals surface area contributed by atoms with Gasteiger partial charge in [0.05, 0.1) is 10.0 Å². The Kier molecular flexibility index (Phi) is 10.9. The molecule has 0 spiro atoms. The van der Waals surface area contributed by atoms with Gasteiger partial charge in [0.25, 0.3) is 0 Å². The van der Waals surface area contributed by atoms with E-state index in [1.807, 2.05) is 33.8 Å². The van der Waals surface area contributed by atoms with Crippen molar-refractivity contribution in [1.29, 1.82) is 0 Å². The summed E-state index contributed by atoms with van der Waals surface area (Å²) in [6, 6.07) is 13.0. The summed E-state index contributed by atoms with van der Waals surface area (Å²) in [6.07, 6.45) is 0.871. The Hall–Kier alpha value is -1.69. The Morgan fingerprint density at radius 3 is 2.34 bits per heavy atom. The molecular formula is C25H32Cl2N2O2S. The zero-order valence-electron chi connectivity index (χ0n) is 19.2. The molecule has 1 N–H and O–H groups in total. The van der Waals surface area contributed by atoms with Crippen LogP contribution in [-0.2, 0) is 16.1 Å². The lowest BCUT2D eigenvalue weighted by atomic mass is 10.1. The number of nitrogens with zero attached hydrogens (tertiary/aromatic N) is 1. The maximum atomic E-state index is 13.3. The fourth-order valence-electron chi connectivity index (χ4n) is 3.21. The van der Waals surface area contributed by atoms with E-state index in [9.17, 15) is 9.59 Å². The van der Waals surface area contributed by atoms with Gasteiger partial charge in [-0.25, -0.2) is 0 Å². The van der Waals surface area contributed by atoms with E-state index in [4.69, 9.17) is 23.2 Å². The zero-order valence-corrected chi connectivity index (χ0v) is 21.5. The fourth-order valence-corrected chi connectivity index (χ4v) is 4.37. The molecule has 1 unspecified atom stereocenters. The molecule has 174 valence electrons. The van der Waals surface area contributed by atoms with Gasteiger partial charge in [-0.2, -0.15) is 0 Å². The van der Waals surface area contributed by atoms with Crippen LogP contribution in [0, 0.1) is 12.8 Å². The van der Waals surface area contributed by atoms with Crippen LogP contribution in [0.4, 0.5) is 0 Å². The molecule has 2 amide bonds. The highest BCUT2D eigenvalue weighted by atomic mass is 35.5. The largest absolute Gasteiger partial charge is 0.354 e. The molecule has 0 heterocycles. The van der Waals surface area contributed by atoms with E-state index in [0.29, 0.717) is 47.6 Å². The maximum Gasteiger partial charge on any atom is 0.242 e. The minimum atomic E-state index is -0.542. The number of nitrogens with one attached hydrogen (secondary N) is 1. The SMILES string of the molecule is CCC(C(=O)NCC(C)C)N(Cc1ccc(Cl)c(Cl)c1)C(=O)CCSc1ccc(C)cc1. The lowest BCUT2D eigenvalue weighted by Gasteiger charge is -2.31. The second-order valence-electron chi connectivity index (χ2n) is 8.24. The van der Waals surface area contributed by atoms with E-state index < -0.39 is 6.04 Å². The molecule has 0 fully saturated rings. The minimum Gasteiger partial charge on any atom is -0.354 e. The lowest BCUT2D eigenvalue weighted by Crippen LogP contribution is -2.49. The molecule has 0 saturated heterocycles. The molecule has 0 bridgehead atoms. The molecule has 1 atom stereocenters. The monoisotopic (exact) mass is 494 g/mol. The van der Waals surface area contributed by atoms with Crippen molar-refractivity contribution in [2.75, 3.05) is 12.3 Å². The summed E-state index contributed by atoms with van der Waals surface area (Å²) >= 11 is 13.9. The highest BCUT2D eigenvalue weighted by Crippen LogP contribution is 2.25. The minimum absolute atomic E-state index is 0.0535. The average Bonchev–Trinajstić information content (AvgIpc) is 2.75. The van der Waals surface area contributed by atoms with E-state index in [2.05, 4.69) is 29.6 Å². The van der Waals surface area contributed by atoms with Crippen LogP contribution in [0.25, 0.3) is 0 Å². The normalized spacial score (nSPS) is 12.0. The van der Waals surface area contributed by atoms with Gasteiger partial charge in [-0.3, -0.25) is 9.59 Å². The predicted octanol–water partition coefficient (Wildman–Crippen LogP) is 6.36. The first-order valence-electron chi connectivity index (χ1n) is 10.9. The van der Waals surface area contributed by atoms with Gasteiger partial charge >= 0.3 is 0 Å². The quantitative estimate of drug-likeness (QED) is 0.369. The zero-order chi connectivity index (χ0) is 23.7. The van der Waals surface area contributed by atoms with Crippen molar-refractivity contribution in [2.45, 2.75) is 58.0 Å². The second-order valence-corrected chi connectivity index (χ2v) is 10.2. The van der Waals surface area contributed by atoms with Crippen LogP contribution < -0.4 is 5.32 Å². The molecule has 0 saturated carbocycles. The molecule has 32 heavy (non-hydrogen) atoms. The fraction of sp³-hybridized carbons (Fsp3) is 0.440. The van der Waals surface area contributed by atoms with Crippen molar-refractivity contribution in [3.05, 3.63) is 63.6 Å². The smallest absolute Gasteiger partial charge is 0.242 e. The average molecular weight is 496 g/mol. The summed E-state index contributed by atoms with van der Waals surface area (Å²) < 4.78 is 0. The maximum absolute atomic E-state index is 13.3. The van der Waals surface area contributed by atoms with Gasteiger partial charge in [-0.15, -0.1) is 11.8 Å². The number of rotatable bonds is 11. The first kappa shape index (κ1) is 26.6. The van der Waals surface area contributed by atoms with Crippen molar-refractivity contribution < 1.29 is 9.59 Å². The van der Waals surface area contributed by atoms with Crippen LogP contribution in [0.5, 0.6) is 0 Å². The van der Waals surface area contributed by atoms with Crippen LogP contribution in [-0.4, -0.2) is 35.1 Å². The van der Waals surface area contributed by atoms with E-state index in [0.717, 1.165) is 10.5 Å². The first-order valence-corrected chi connectivity index (χ1v) is 12.7. The molecule has 0 aliphatic carbocycles. The van der Waals surface area contributed by atoms with E-state index in [1.165, 1.54) is 5.56 Å². The Bertz CT molecular complexity index is 903. The summed E-state index contributed by atoms with van der Waals surface area (Å²) in [5.74, 6) is 0.800. The summed E-state index contributed by atoms with van der Waals surface area (Å²) in [5.41, 5.74) is 2.05. The van der Waals surface area contributed by atoms with Crippen molar-refractivity contribution in [2.24, 2.45) is 5.92 Å². The molecule has 4 nitrogen and oxygen atoms in total. The standard InChI is InChI=1S/C25H32Cl2N2O2S/c1-5-23(25(31)28-15-17(2)3)29(16-19-8-11-21(26)22(27)14-19)24(30)12-13-32-20-9-6-18(4)7-10-20/h6-11,14,17,23H,5,12-13,15-16H2,1-4H3,(H,28,31). The van der Waals surface area contributed by atoms with Crippen LogP contribution >= 0.6 is 35.0 Å². The third kappa shape index (κ3) is 8.34. The van der Waals surface area contributed by atoms with Gasteiger partial charge in [-0.1, -0.05) is 67.7 Å². The van der Waals surface area contributed by atoms with Crippen LogP contribution in [0.2, 0.25) is 10.0 Å². The summed E-state index contributed by atoms with van der Waals surface area (Å²) in [4.78, 5) is 29.0. The van der Waals surface area contributed by atoms with E-state index >= 15 is 0 Å². The molecule has 0 aromatic heterocycles. The van der Waals surface area contributed by atoms with Gasteiger partial charge in [0.2, 0.25) is 11.8 Å². The number of hydrogen-bond donors (Lipinski definition) is 1. The van der Waals surface area contributed by atoms with Crippen LogP contribution in [0.15, 0.2) is 47.4 Å². The third-order valence-electron chi connectivity index (χ3n) is 5.01. The number of benzene rings is 2. The number of thioether (sulfide) groups is 1. The topological polar surface area (TPSA) is 49.4 Å². The van der Waals surface area contributed by atoms with Crippen molar-refractivity contribution >= 4 is 46.8 Å². The van der Waals surface area contributed by atoms with Crippen molar-refractivity contribution in [1.82, 2.24) is 10.2 Å². The lowest BCUT2D eigenvalue weighted by molar-refractivity contribution is -0.141. The number of carbonyl (C=O) groups is 2. The van der Waals surface area contributed by atoms with Gasteiger partial charge in [-0.05, 0) is 49.1 Å². The number of halogens is 2. The highest BCUT2D eigenvalue weighted by Gasteiger charge is 2.28. The Labute approximate surface area is 206 Å². The molecule has 2 aromatic carbocycles. The second kappa shape index (κ2) is 13.1. The van der Waals surface area contributed by atoms with Crippen LogP contribution in [0.1, 0.15) is 44.7 Å². The van der Waals surface area contributed by atoms with E-state index in [1.54, 1.807) is 28.8 Å². The third-order valence-corrected chi connectivity index (χ3v) is 6.77. The van der Waals surface area contributed by atoms with Gasteiger partial charge in [0.1, 0.15) is 6.04 Å². The Balaban J connectivity index is 2.14. The molecule has 0 radical (unpaired) electrons. The van der Waals surface area contributed by atoms with Crippen LogP contribution in [0.3, 0.4) is 0 Å². The summed E-state index contributed by atoms with van der Waals surface area (Å²) in [7, 11) is 0. The summed E-state index contributed by atoms with van der Waals surface area (Å²) in [6.45, 7) is 8.94. The Morgan fingerprint density at radius 2 is 1.75 bits per heavy atom. The molecule has 7 heteroatoms. The highest BCUT2D eigenvalue weighted by molar-refractivity contribution is 7.99. The number of amides is 2. The molecule has 2 rings (SSSR count). The summed E-state index contributed by atoms with van der Waals surface area (Å²) in [5, 5.41) is 3.87. The number of aryl methyl sites for hydroxylation is 1. The van der Waals surface area contributed by atoms with Gasteiger partial charge < -0.3 is 10.2 Å². The molecule has 0 aliphatic rings. The van der Waals surface area contributed by atoms with Crippen molar-refractivity contribution in [3.8, 4) is 0 Å². The Morgan fingerprint density at radius 1 is 1.06 bits per heavy atom. The number of hydrogen-bond acceptors (Lipinski definition) is 3. The van der Waals surface area contributed by atoms with E-state index in [-0.39, 0.29) is 11.8 Å². The van der Waals surface area contributed by atoms with Gasteiger partial charge in [0.15, 0.2) is 0 Å². The number of carbonyl (C=O) groups excluding carboxylic acids is 2. The first-order chi connectivity index (χ1) is 15.2. The molecular weight excluding hydrogens is 463 g/mol. The van der Waals surface area contributed by atoms with Crippen molar-refractivity contribution in [3.63, 3.8) is 0 Å². The predicted molar refractivity (Wildman–Crippen MR) is 135 cm³/mol. The van der Waals surface area contributed by atoms with Gasteiger partial charge in [0, 0.05) is 30.2 Å². The molecule has 0 aliphatic heterocycles. The molecule has 2 aromatic rings.